The SMILES string of the molecule is CC(C)(C)NC(=O)c1ccc(CN2CCCC2=O)cc1. The second-order valence-corrected chi connectivity index (χ2v) is 6.32. The molecule has 1 N–H and O–H groups in total. The highest BCUT2D eigenvalue weighted by Crippen LogP contribution is 2.15. The monoisotopic (exact) mass is 274 g/mol. The van der Waals surface area contributed by atoms with Gasteiger partial charge in [-0.05, 0) is 44.9 Å². The van der Waals surface area contributed by atoms with Gasteiger partial charge in [-0.3, -0.25) is 9.59 Å². The molecule has 1 aromatic carbocycles. The first kappa shape index (κ1) is 14.6. The minimum atomic E-state index is -0.238. The molecule has 0 bridgehead atoms. The van der Waals surface area contributed by atoms with Gasteiger partial charge in [0, 0.05) is 30.6 Å². The van der Waals surface area contributed by atoms with E-state index < -0.39 is 0 Å². The van der Waals surface area contributed by atoms with Crippen LogP contribution >= 0.6 is 0 Å². The first-order valence-corrected chi connectivity index (χ1v) is 7.04. The van der Waals surface area contributed by atoms with E-state index >= 15 is 0 Å². The molecule has 0 spiro atoms. The van der Waals surface area contributed by atoms with Gasteiger partial charge < -0.3 is 10.2 Å². The van der Waals surface area contributed by atoms with Crippen LogP contribution in [0.25, 0.3) is 0 Å². The summed E-state index contributed by atoms with van der Waals surface area (Å²) in [5.74, 6) is 0.154. The highest BCUT2D eigenvalue weighted by Gasteiger charge is 2.20. The fourth-order valence-electron chi connectivity index (χ4n) is 2.27. The lowest BCUT2D eigenvalue weighted by Gasteiger charge is -2.20. The summed E-state index contributed by atoms with van der Waals surface area (Å²) in [5, 5.41) is 2.93. The Kier molecular flexibility index (Phi) is 4.12. The van der Waals surface area contributed by atoms with Crippen LogP contribution in [0.15, 0.2) is 24.3 Å². The Balaban J connectivity index is 1.99. The summed E-state index contributed by atoms with van der Waals surface area (Å²) in [6.07, 6.45) is 1.61. The van der Waals surface area contributed by atoms with Gasteiger partial charge in [0.25, 0.3) is 5.91 Å². The molecule has 4 heteroatoms. The lowest BCUT2D eigenvalue weighted by atomic mass is 10.1. The third kappa shape index (κ3) is 3.83. The Bertz CT molecular complexity index is 500. The van der Waals surface area contributed by atoms with E-state index in [9.17, 15) is 9.59 Å². The van der Waals surface area contributed by atoms with Gasteiger partial charge in [-0.25, -0.2) is 0 Å². The first-order valence-electron chi connectivity index (χ1n) is 7.04. The van der Waals surface area contributed by atoms with Crippen LogP contribution in [0.5, 0.6) is 0 Å². The van der Waals surface area contributed by atoms with Crippen LogP contribution in [0.3, 0.4) is 0 Å². The molecule has 108 valence electrons. The zero-order chi connectivity index (χ0) is 14.8. The van der Waals surface area contributed by atoms with Gasteiger partial charge in [-0.1, -0.05) is 12.1 Å². The van der Waals surface area contributed by atoms with Crippen molar-refractivity contribution in [2.24, 2.45) is 0 Å². The van der Waals surface area contributed by atoms with Crippen molar-refractivity contribution >= 4 is 11.8 Å². The van der Waals surface area contributed by atoms with Crippen LogP contribution in [-0.4, -0.2) is 28.8 Å². The first-order chi connectivity index (χ1) is 9.35. The Hall–Kier alpha value is -1.84. The molecule has 0 aromatic heterocycles. The lowest BCUT2D eigenvalue weighted by Crippen LogP contribution is -2.40. The summed E-state index contributed by atoms with van der Waals surface area (Å²) in [7, 11) is 0. The maximum atomic E-state index is 12.0. The van der Waals surface area contributed by atoms with Crippen LogP contribution in [0, 0.1) is 0 Å². The van der Waals surface area contributed by atoms with E-state index in [1.165, 1.54) is 0 Å². The molecule has 1 fully saturated rings. The van der Waals surface area contributed by atoms with Crippen LogP contribution in [0.1, 0.15) is 49.5 Å². The molecule has 1 saturated heterocycles. The van der Waals surface area contributed by atoms with Gasteiger partial charge >= 0.3 is 0 Å². The number of nitrogens with zero attached hydrogens (tertiary/aromatic N) is 1. The standard InChI is InChI=1S/C16H22N2O2/c1-16(2,3)17-15(20)13-8-6-12(7-9-13)11-18-10-4-5-14(18)19/h6-9H,4-5,10-11H2,1-3H3,(H,17,20). The van der Waals surface area contributed by atoms with E-state index in [2.05, 4.69) is 5.32 Å². The molecular weight excluding hydrogens is 252 g/mol. The van der Waals surface area contributed by atoms with Gasteiger partial charge in [-0.2, -0.15) is 0 Å². The van der Waals surface area contributed by atoms with Crippen LogP contribution in [0.2, 0.25) is 0 Å². The molecule has 4 nitrogen and oxygen atoms in total. The van der Waals surface area contributed by atoms with Gasteiger partial charge in [0.15, 0.2) is 0 Å². The summed E-state index contributed by atoms with van der Waals surface area (Å²) in [4.78, 5) is 25.4. The molecular formula is C16H22N2O2. The Morgan fingerprint density at radius 3 is 2.40 bits per heavy atom. The number of carbonyl (C=O) groups excluding carboxylic acids is 2. The number of rotatable bonds is 3. The molecule has 1 aliphatic heterocycles. The third-order valence-electron chi connectivity index (χ3n) is 3.25. The number of amides is 2. The van der Waals surface area contributed by atoms with E-state index in [0.717, 1.165) is 18.5 Å². The maximum Gasteiger partial charge on any atom is 0.251 e. The van der Waals surface area contributed by atoms with E-state index in [1.54, 1.807) is 0 Å². The highest BCUT2D eigenvalue weighted by atomic mass is 16.2. The van der Waals surface area contributed by atoms with E-state index in [1.807, 2.05) is 49.9 Å². The molecule has 2 amide bonds. The smallest absolute Gasteiger partial charge is 0.251 e. The molecule has 0 saturated carbocycles. The number of benzene rings is 1. The number of hydrogen-bond acceptors (Lipinski definition) is 2. The van der Waals surface area contributed by atoms with E-state index in [4.69, 9.17) is 0 Å². The number of nitrogens with one attached hydrogen (secondary N) is 1. The van der Waals surface area contributed by atoms with Crippen molar-refractivity contribution in [1.29, 1.82) is 0 Å². The van der Waals surface area contributed by atoms with Crippen molar-refractivity contribution in [2.75, 3.05) is 6.54 Å². The number of likely N-dealkylation sites (tertiary alicyclic amines) is 1. The molecule has 1 aliphatic rings. The Morgan fingerprint density at radius 1 is 1.25 bits per heavy atom. The summed E-state index contributed by atoms with van der Waals surface area (Å²) < 4.78 is 0. The summed E-state index contributed by atoms with van der Waals surface area (Å²) in [6.45, 7) is 7.35. The Morgan fingerprint density at radius 2 is 1.90 bits per heavy atom. The quantitative estimate of drug-likeness (QED) is 0.919. The van der Waals surface area contributed by atoms with Crippen LogP contribution in [-0.2, 0) is 11.3 Å². The fourth-order valence-corrected chi connectivity index (χ4v) is 2.27. The molecule has 0 atom stereocenters. The highest BCUT2D eigenvalue weighted by molar-refractivity contribution is 5.94. The zero-order valence-electron chi connectivity index (χ0n) is 12.4. The van der Waals surface area contributed by atoms with Gasteiger partial charge in [0.05, 0.1) is 0 Å². The molecule has 0 unspecified atom stereocenters. The van der Waals surface area contributed by atoms with E-state index in [0.29, 0.717) is 18.5 Å². The lowest BCUT2D eigenvalue weighted by molar-refractivity contribution is -0.128. The van der Waals surface area contributed by atoms with Crippen molar-refractivity contribution in [3.8, 4) is 0 Å². The molecule has 1 aromatic rings. The molecule has 0 radical (unpaired) electrons. The topological polar surface area (TPSA) is 49.4 Å². The summed E-state index contributed by atoms with van der Waals surface area (Å²) in [6, 6.07) is 7.47. The second kappa shape index (κ2) is 5.65. The minimum absolute atomic E-state index is 0.0682. The summed E-state index contributed by atoms with van der Waals surface area (Å²) in [5.41, 5.74) is 1.47. The molecule has 2 rings (SSSR count). The predicted octanol–water partition coefficient (Wildman–Crippen LogP) is 2.34. The fraction of sp³-hybridized carbons (Fsp3) is 0.500. The largest absolute Gasteiger partial charge is 0.347 e. The Labute approximate surface area is 120 Å². The number of hydrogen-bond donors (Lipinski definition) is 1. The zero-order valence-corrected chi connectivity index (χ0v) is 12.4. The maximum absolute atomic E-state index is 12.0. The van der Waals surface area contributed by atoms with Gasteiger partial charge in [-0.15, -0.1) is 0 Å². The number of carbonyl (C=O) groups is 2. The van der Waals surface area contributed by atoms with Crippen molar-refractivity contribution in [3.05, 3.63) is 35.4 Å². The molecule has 20 heavy (non-hydrogen) atoms. The van der Waals surface area contributed by atoms with Gasteiger partial charge in [0.2, 0.25) is 5.91 Å². The minimum Gasteiger partial charge on any atom is -0.347 e. The second-order valence-electron chi connectivity index (χ2n) is 6.32. The average Bonchev–Trinajstić information content (AvgIpc) is 2.74. The van der Waals surface area contributed by atoms with Crippen molar-refractivity contribution in [2.45, 2.75) is 45.7 Å². The van der Waals surface area contributed by atoms with Crippen molar-refractivity contribution in [3.63, 3.8) is 0 Å². The molecule has 1 heterocycles. The summed E-state index contributed by atoms with van der Waals surface area (Å²) >= 11 is 0. The third-order valence-corrected chi connectivity index (χ3v) is 3.25. The normalized spacial score (nSPS) is 15.6. The predicted molar refractivity (Wildman–Crippen MR) is 78.3 cm³/mol. The van der Waals surface area contributed by atoms with Crippen LogP contribution < -0.4 is 5.32 Å². The van der Waals surface area contributed by atoms with Crippen molar-refractivity contribution in [1.82, 2.24) is 10.2 Å². The molecule has 0 aliphatic carbocycles. The van der Waals surface area contributed by atoms with E-state index in [-0.39, 0.29) is 17.4 Å². The van der Waals surface area contributed by atoms with Crippen LogP contribution in [0.4, 0.5) is 0 Å². The average molecular weight is 274 g/mol. The van der Waals surface area contributed by atoms with Gasteiger partial charge in [0.1, 0.15) is 0 Å². The van der Waals surface area contributed by atoms with Crippen molar-refractivity contribution < 1.29 is 9.59 Å².